The Morgan fingerprint density at radius 3 is 2.53 bits per heavy atom. The number of hydrogen-bond acceptors (Lipinski definition) is 2. The molecular formula is C14H26N2O. The van der Waals surface area contributed by atoms with Crippen LogP contribution in [0.25, 0.3) is 0 Å². The third kappa shape index (κ3) is 3.01. The van der Waals surface area contributed by atoms with Crippen molar-refractivity contribution < 1.29 is 4.79 Å². The topological polar surface area (TPSA) is 32.3 Å². The Kier molecular flexibility index (Phi) is 3.76. The zero-order valence-electron chi connectivity index (χ0n) is 11.5. The van der Waals surface area contributed by atoms with Gasteiger partial charge >= 0.3 is 0 Å². The first-order valence-corrected chi connectivity index (χ1v) is 7.02. The van der Waals surface area contributed by atoms with E-state index in [9.17, 15) is 4.79 Å². The SMILES string of the molecule is CC1NCCCC1C(=O)N1CCC(C)(C)CC1. The van der Waals surface area contributed by atoms with Crippen LogP contribution in [0.3, 0.4) is 0 Å². The molecule has 0 radical (unpaired) electrons. The lowest BCUT2D eigenvalue weighted by atomic mass is 9.81. The Morgan fingerprint density at radius 1 is 1.29 bits per heavy atom. The number of hydrogen-bond donors (Lipinski definition) is 1. The maximum Gasteiger partial charge on any atom is 0.227 e. The third-order valence-electron chi connectivity index (χ3n) is 4.51. The van der Waals surface area contributed by atoms with Crippen LogP contribution in [0.5, 0.6) is 0 Å². The van der Waals surface area contributed by atoms with Crippen molar-refractivity contribution in [1.82, 2.24) is 10.2 Å². The summed E-state index contributed by atoms with van der Waals surface area (Å²) >= 11 is 0. The lowest BCUT2D eigenvalue weighted by Gasteiger charge is -2.40. The van der Waals surface area contributed by atoms with Crippen LogP contribution in [-0.2, 0) is 4.79 Å². The predicted octanol–water partition coefficient (Wildman–Crippen LogP) is 2.02. The van der Waals surface area contributed by atoms with E-state index in [4.69, 9.17) is 0 Å². The van der Waals surface area contributed by atoms with Gasteiger partial charge in [-0.15, -0.1) is 0 Å². The van der Waals surface area contributed by atoms with Crippen LogP contribution >= 0.6 is 0 Å². The summed E-state index contributed by atoms with van der Waals surface area (Å²) in [5.41, 5.74) is 0.424. The summed E-state index contributed by atoms with van der Waals surface area (Å²) in [7, 11) is 0. The van der Waals surface area contributed by atoms with E-state index in [1.165, 1.54) is 0 Å². The van der Waals surface area contributed by atoms with Crippen molar-refractivity contribution in [2.24, 2.45) is 11.3 Å². The normalized spacial score (nSPS) is 33.5. The maximum atomic E-state index is 12.5. The van der Waals surface area contributed by atoms with Gasteiger partial charge in [0, 0.05) is 19.1 Å². The minimum atomic E-state index is 0.213. The molecule has 0 spiro atoms. The van der Waals surface area contributed by atoms with Gasteiger partial charge in [0.15, 0.2) is 0 Å². The molecule has 2 heterocycles. The molecular weight excluding hydrogens is 212 g/mol. The van der Waals surface area contributed by atoms with Crippen molar-refractivity contribution in [2.75, 3.05) is 19.6 Å². The molecule has 2 saturated heterocycles. The molecule has 2 unspecified atom stereocenters. The molecule has 0 aromatic heterocycles. The van der Waals surface area contributed by atoms with E-state index < -0.39 is 0 Å². The first-order chi connectivity index (χ1) is 7.99. The number of rotatable bonds is 1. The van der Waals surface area contributed by atoms with Crippen LogP contribution in [0, 0.1) is 11.3 Å². The lowest BCUT2D eigenvalue weighted by Crippen LogP contribution is -2.50. The minimum Gasteiger partial charge on any atom is -0.342 e. The highest BCUT2D eigenvalue weighted by Crippen LogP contribution is 2.31. The van der Waals surface area contributed by atoms with E-state index in [0.29, 0.717) is 17.4 Å². The Balaban J connectivity index is 1.92. The molecule has 2 fully saturated rings. The lowest BCUT2D eigenvalue weighted by molar-refractivity contribution is -0.139. The zero-order chi connectivity index (χ0) is 12.5. The molecule has 98 valence electrons. The van der Waals surface area contributed by atoms with Crippen LogP contribution in [0.1, 0.15) is 46.5 Å². The van der Waals surface area contributed by atoms with E-state index in [0.717, 1.165) is 45.3 Å². The number of piperidine rings is 2. The molecule has 0 aromatic rings. The van der Waals surface area contributed by atoms with Gasteiger partial charge in [-0.25, -0.2) is 0 Å². The second-order valence-electron chi connectivity index (χ2n) is 6.48. The molecule has 1 N–H and O–H groups in total. The summed E-state index contributed by atoms with van der Waals surface area (Å²) in [6.07, 6.45) is 4.49. The standard InChI is InChI=1S/C14H26N2O/c1-11-12(5-4-8-15-11)13(17)16-9-6-14(2,3)7-10-16/h11-12,15H,4-10H2,1-3H3. The molecule has 2 rings (SSSR count). The highest BCUT2D eigenvalue weighted by Gasteiger charge is 2.34. The van der Waals surface area contributed by atoms with Crippen molar-refractivity contribution in [3.63, 3.8) is 0 Å². The van der Waals surface area contributed by atoms with E-state index in [1.807, 2.05) is 0 Å². The molecule has 17 heavy (non-hydrogen) atoms. The minimum absolute atomic E-state index is 0.213. The number of amides is 1. The molecule has 2 aliphatic heterocycles. The molecule has 0 saturated carbocycles. The van der Waals surface area contributed by atoms with Crippen molar-refractivity contribution >= 4 is 5.91 Å². The molecule has 0 aromatic carbocycles. The van der Waals surface area contributed by atoms with Gasteiger partial charge in [0.2, 0.25) is 5.91 Å². The molecule has 3 heteroatoms. The molecule has 1 amide bonds. The smallest absolute Gasteiger partial charge is 0.227 e. The fourth-order valence-electron chi connectivity index (χ4n) is 2.95. The Bertz CT molecular complexity index is 278. The number of nitrogens with zero attached hydrogens (tertiary/aromatic N) is 1. The van der Waals surface area contributed by atoms with Gasteiger partial charge in [-0.2, -0.15) is 0 Å². The van der Waals surface area contributed by atoms with E-state index in [-0.39, 0.29) is 5.92 Å². The van der Waals surface area contributed by atoms with Gasteiger partial charge in [-0.1, -0.05) is 13.8 Å². The summed E-state index contributed by atoms with van der Waals surface area (Å²) in [5.74, 6) is 0.602. The molecule has 3 nitrogen and oxygen atoms in total. The first kappa shape index (κ1) is 12.9. The Labute approximate surface area is 105 Å². The Morgan fingerprint density at radius 2 is 1.94 bits per heavy atom. The predicted molar refractivity (Wildman–Crippen MR) is 69.8 cm³/mol. The summed E-state index contributed by atoms with van der Waals surface area (Å²) in [6.45, 7) is 9.73. The van der Waals surface area contributed by atoms with Crippen molar-refractivity contribution in [2.45, 2.75) is 52.5 Å². The first-order valence-electron chi connectivity index (χ1n) is 7.02. The van der Waals surface area contributed by atoms with Crippen LogP contribution in [0.4, 0.5) is 0 Å². The number of nitrogens with one attached hydrogen (secondary N) is 1. The van der Waals surface area contributed by atoms with Crippen LogP contribution < -0.4 is 5.32 Å². The van der Waals surface area contributed by atoms with Crippen molar-refractivity contribution in [3.8, 4) is 0 Å². The summed E-state index contributed by atoms with van der Waals surface area (Å²) in [6, 6.07) is 0.353. The van der Waals surface area contributed by atoms with Crippen LogP contribution in [-0.4, -0.2) is 36.5 Å². The summed E-state index contributed by atoms with van der Waals surface area (Å²) in [5, 5.41) is 3.42. The molecule has 2 atom stereocenters. The average Bonchev–Trinajstić information content (AvgIpc) is 2.29. The van der Waals surface area contributed by atoms with Crippen molar-refractivity contribution in [1.29, 1.82) is 0 Å². The monoisotopic (exact) mass is 238 g/mol. The molecule has 0 bridgehead atoms. The quantitative estimate of drug-likeness (QED) is 0.758. The zero-order valence-corrected chi connectivity index (χ0v) is 11.5. The van der Waals surface area contributed by atoms with E-state index >= 15 is 0 Å². The second-order valence-corrected chi connectivity index (χ2v) is 6.48. The molecule has 2 aliphatic rings. The summed E-state index contributed by atoms with van der Waals surface area (Å²) < 4.78 is 0. The van der Waals surface area contributed by atoms with Gasteiger partial charge in [0.05, 0.1) is 5.92 Å². The number of carbonyl (C=O) groups excluding carboxylic acids is 1. The van der Waals surface area contributed by atoms with Gasteiger partial charge < -0.3 is 10.2 Å². The average molecular weight is 238 g/mol. The summed E-state index contributed by atoms with van der Waals surface area (Å²) in [4.78, 5) is 14.6. The fourth-order valence-corrected chi connectivity index (χ4v) is 2.95. The largest absolute Gasteiger partial charge is 0.342 e. The highest BCUT2D eigenvalue weighted by molar-refractivity contribution is 5.79. The number of carbonyl (C=O) groups is 1. The van der Waals surface area contributed by atoms with Gasteiger partial charge in [-0.3, -0.25) is 4.79 Å². The number of likely N-dealkylation sites (tertiary alicyclic amines) is 1. The van der Waals surface area contributed by atoms with E-state index in [1.54, 1.807) is 0 Å². The second kappa shape index (κ2) is 4.97. The van der Waals surface area contributed by atoms with Gasteiger partial charge in [-0.05, 0) is 44.6 Å². The van der Waals surface area contributed by atoms with E-state index in [2.05, 4.69) is 31.0 Å². The van der Waals surface area contributed by atoms with Gasteiger partial charge in [0.1, 0.15) is 0 Å². The highest BCUT2D eigenvalue weighted by atomic mass is 16.2. The van der Waals surface area contributed by atoms with Crippen molar-refractivity contribution in [3.05, 3.63) is 0 Å². The fraction of sp³-hybridized carbons (Fsp3) is 0.929. The third-order valence-corrected chi connectivity index (χ3v) is 4.51. The molecule has 0 aliphatic carbocycles. The Hall–Kier alpha value is -0.570. The van der Waals surface area contributed by atoms with Crippen LogP contribution in [0.15, 0.2) is 0 Å². The maximum absolute atomic E-state index is 12.5. The van der Waals surface area contributed by atoms with Gasteiger partial charge in [0.25, 0.3) is 0 Å². The van der Waals surface area contributed by atoms with Crippen LogP contribution in [0.2, 0.25) is 0 Å².